The molecule has 4 heteroatoms. The van der Waals surface area contributed by atoms with Gasteiger partial charge in [0.2, 0.25) is 0 Å². The average Bonchev–Trinajstić information content (AvgIpc) is 2.58. The van der Waals surface area contributed by atoms with Gasteiger partial charge >= 0.3 is 5.97 Å². The summed E-state index contributed by atoms with van der Waals surface area (Å²) in [4.78, 5) is 12.1. The molecule has 1 aliphatic carbocycles. The number of nitrogens with two attached hydrogens (primary N) is 1. The first kappa shape index (κ1) is 19.7. The third-order valence-corrected chi connectivity index (χ3v) is 5.60. The summed E-state index contributed by atoms with van der Waals surface area (Å²) in [5, 5.41) is 0. The summed E-state index contributed by atoms with van der Waals surface area (Å²) >= 11 is 0. The summed E-state index contributed by atoms with van der Waals surface area (Å²) in [6.45, 7) is 7.03. The first-order valence-corrected chi connectivity index (χ1v) is 10.0. The van der Waals surface area contributed by atoms with Crippen molar-refractivity contribution in [2.45, 2.75) is 96.8 Å². The highest BCUT2D eigenvalue weighted by Gasteiger charge is 2.34. The maximum atomic E-state index is 12.1. The first-order chi connectivity index (χ1) is 11.5. The van der Waals surface area contributed by atoms with E-state index in [1.54, 1.807) is 0 Å². The van der Waals surface area contributed by atoms with Gasteiger partial charge in [-0.2, -0.15) is 0 Å². The molecule has 0 aromatic heterocycles. The van der Waals surface area contributed by atoms with E-state index in [4.69, 9.17) is 15.2 Å². The van der Waals surface area contributed by atoms with E-state index in [9.17, 15) is 4.79 Å². The van der Waals surface area contributed by atoms with Crippen LogP contribution >= 0.6 is 0 Å². The van der Waals surface area contributed by atoms with Gasteiger partial charge in [0.05, 0.1) is 6.10 Å². The van der Waals surface area contributed by atoms with Crippen molar-refractivity contribution in [1.29, 1.82) is 0 Å². The van der Waals surface area contributed by atoms with Crippen LogP contribution in [0.15, 0.2) is 0 Å². The van der Waals surface area contributed by atoms with Crippen molar-refractivity contribution in [2.24, 2.45) is 23.5 Å². The lowest BCUT2D eigenvalue weighted by molar-refractivity contribution is -0.161. The van der Waals surface area contributed by atoms with Crippen molar-refractivity contribution in [3.05, 3.63) is 0 Å². The lowest BCUT2D eigenvalue weighted by Crippen LogP contribution is -2.41. The van der Waals surface area contributed by atoms with Crippen LogP contribution in [0.3, 0.4) is 0 Å². The van der Waals surface area contributed by atoms with Crippen LogP contribution in [-0.2, 0) is 14.3 Å². The van der Waals surface area contributed by atoms with Crippen molar-refractivity contribution in [2.75, 3.05) is 6.61 Å². The highest BCUT2D eigenvalue weighted by atomic mass is 16.6. The van der Waals surface area contributed by atoms with Gasteiger partial charge in [-0.3, -0.25) is 4.79 Å². The molecule has 24 heavy (non-hydrogen) atoms. The van der Waals surface area contributed by atoms with Gasteiger partial charge in [0, 0.05) is 6.61 Å². The summed E-state index contributed by atoms with van der Waals surface area (Å²) in [5.41, 5.74) is 5.96. The molecule has 2 fully saturated rings. The molecular weight excluding hydrogens is 302 g/mol. The highest BCUT2D eigenvalue weighted by molar-refractivity contribution is 5.75. The predicted molar refractivity (Wildman–Crippen MR) is 96.6 cm³/mol. The Morgan fingerprint density at radius 3 is 2.50 bits per heavy atom. The predicted octanol–water partition coefficient (Wildman–Crippen LogP) is 4.06. The standard InChI is InChI=1S/C20H37NO3/c1-14(2)13-23-19-15(3)24-20(22)18(21)11-7-10-17(19)12-16-8-5-4-6-9-16/h14-19H,4-13,21H2,1-3H3. The number of rotatable bonds is 5. The number of hydrogen-bond acceptors (Lipinski definition) is 4. The normalized spacial score (nSPS) is 33.6. The molecule has 2 rings (SSSR count). The molecule has 1 saturated heterocycles. The van der Waals surface area contributed by atoms with Crippen molar-refractivity contribution in [1.82, 2.24) is 0 Å². The van der Waals surface area contributed by atoms with Gasteiger partial charge in [-0.05, 0) is 43.9 Å². The molecule has 1 heterocycles. The molecule has 0 amide bonds. The van der Waals surface area contributed by atoms with E-state index in [1.807, 2.05) is 6.92 Å². The summed E-state index contributed by atoms with van der Waals surface area (Å²) in [7, 11) is 0. The number of hydrogen-bond donors (Lipinski definition) is 1. The van der Waals surface area contributed by atoms with E-state index in [0.717, 1.165) is 31.8 Å². The van der Waals surface area contributed by atoms with E-state index in [1.165, 1.54) is 38.5 Å². The van der Waals surface area contributed by atoms with Crippen LogP contribution < -0.4 is 5.73 Å². The SMILES string of the molecule is CC(C)COC1C(CC2CCCCC2)CCCC(N)C(=O)OC1C. The Labute approximate surface area is 147 Å². The number of ether oxygens (including phenoxy) is 2. The molecule has 2 N–H and O–H groups in total. The van der Waals surface area contributed by atoms with Crippen molar-refractivity contribution in [3.63, 3.8) is 0 Å². The molecule has 0 spiro atoms. The van der Waals surface area contributed by atoms with Gasteiger partial charge in [0.25, 0.3) is 0 Å². The van der Waals surface area contributed by atoms with E-state index in [0.29, 0.717) is 11.8 Å². The topological polar surface area (TPSA) is 61.5 Å². The summed E-state index contributed by atoms with van der Waals surface area (Å²) in [6, 6.07) is -0.480. The van der Waals surface area contributed by atoms with Crippen LogP contribution in [0.25, 0.3) is 0 Å². The second-order valence-corrected chi connectivity index (χ2v) is 8.37. The quantitative estimate of drug-likeness (QED) is 0.767. The second-order valence-electron chi connectivity index (χ2n) is 8.37. The van der Waals surface area contributed by atoms with Crippen LogP contribution in [0, 0.1) is 17.8 Å². The molecule has 1 aliphatic heterocycles. The van der Waals surface area contributed by atoms with Gasteiger partial charge in [0.15, 0.2) is 0 Å². The number of cyclic esters (lactones) is 1. The van der Waals surface area contributed by atoms with E-state index in [2.05, 4.69) is 13.8 Å². The summed E-state index contributed by atoms with van der Waals surface area (Å²) in [5.74, 6) is 1.50. The second kappa shape index (κ2) is 9.76. The minimum Gasteiger partial charge on any atom is -0.459 e. The number of esters is 1. The van der Waals surface area contributed by atoms with E-state index >= 15 is 0 Å². The minimum absolute atomic E-state index is 0.00331. The lowest BCUT2D eigenvalue weighted by Gasteiger charge is -2.34. The Bertz CT molecular complexity index is 379. The molecule has 0 radical (unpaired) electrons. The third-order valence-electron chi connectivity index (χ3n) is 5.60. The maximum Gasteiger partial charge on any atom is 0.323 e. The fourth-order valence-electron chi connectivity index (χ4n) is 4.28. The van der Waals surface area contributed by atoms with Crippen molar-refractivity contribution in [3.8, 4) is 0 Å². The Morgan fingerprint density at radius 2 is 1.83 bits per heavy atom. The summed E-state index contributed by atoms with van der Waals surface area (Å²) in [6.07, 6.45) is 10.6. The van der Waals surface area contributed by atoms with Crippen LogP contribution in [0.4, 0.5) is 0 Å². The fourth-order valence-corrected chi connectivity index (χ4v) is 4.28. The zero-order chi connectivity index (χ0) is 17.5. The Balaban J connectivity index is 2.07. The molecule has 4 unspecified atom stereocenters. The fraction of sp³-hybridized carbons (Fsp3) is 0.950. The largest absolute Gasteiger partial charge is 0.459 e. The molecule has 1 saturated carbocycles. The third kappa shape index (κ3) is 6.03. The average molecular weight is 340 g/mol. The monoisotopic (exact) mass is 339 g/mol. The first-order valence-electron chi connectivity index (χ1n) is 10.0. The molecule has 2 aliphatic rings. The van der Waals surface area contributed by atoms with Crippen molar-refractivity contribution < 1.29 is 14.3 Å². The van der Waals surface area contributed by atoms with Gasteiger partial charge in [-0.25, -0.2) is 0 Å². The Hall–Kier alpha value is -0.610. The summed E-state index contributed by atoms with van der Waals surface area (Å²) < 4.78 is 11.9. The smallest absolute Gasteiger partial charge is 0.323 e. The van der Waals surface area contributed by atoms with Gasteiger partial charge in [-0.1, -0.05) is 52.4 Å². The van der Waals surface area contributed by atoms with Gasteiger partial charge < -0.3 is 15.2 Å². The molecule has 4 atom stereocenters. The van der Waals surface area contributed by atoms with E-state index in [-0.39, 0.29) is 18.2 Å². The molecule has 0 aromatic carbocycles. The van der Waals surface area contributed by atoms with Crippen LogP contribution in [-0.4, -0.2) is 30.8 Å². The molecule has 0 aromatic rings. The highest BCUT2D eigenvalue weighted by Crippen LogP contribution is 2.35. The zero-order valence-corrected chi connectivity index (χ0v) is 15.8. The van der Waals surface area contributed by atoms with Crippen LogP contribution in [0.1, 0.15) is 78.6 Å². The molecule has 140 valence electrons. The Morgan fingerprint density at radius 1 is 1.12 bits per heavy atom. The Kier molecular flexibility index (Phi) is 8.02. The van der Waals surface area contributed by atoms with E-state index < -0.39 is 6.04 Å². The molecule has 4 nitrogen and oxygen atoms in total. The van der Waals surface area contributed by atoms with Crippen LogP contribution in [0.5, 0.6) is 0 Å². The number of carbonyl (C=O) groups excluding carboxylic acids is 1. The zero-order valence-electron chi connectivity index (χ0n) is 15.8. The molecule has 0 bridgehead atoms. The molecular formula is C20H37NO3. The maximum absolute atomic E-state index is 12.1. The van der Waals surface area contributed by atoms with Gasteiger partial charge in [-0.15, -0.1) is 0 Å². The lowest BCUT2D eigenvalue weighted by atomic mass is 9.78. The van der Waals surface area contributed by atoms with Crippen LogP contribution in [0.2, 0.25) is 0 Å². The van der Waals surface area contributed by atoms with Crippen molar-refractivity contribution >= 4 is 5.97 Å². The number of carbonyl (C=O) groups is 1. The van der Waals surface area contributed by atoms with Gasteiger partial charge in [0.1, 0.15) is 12.1 Å². The minimum atomic E-state index is -0.480.